The molecule has 0 radical (unpaired) electrons. The Balaban J connectivity index is 1.54. The highest BCUT2D eigenvalue weighted by Gasteiger charge is 2.15. The van der Waals surface area contributed by atoms with Crippen LogP contribution in [0.5, 0.6) is 5.75 Å². The Morgan fingerprint density at radius 1 is 1.03 bits per heavy atom. The van der Waals surface area contributed by atoms with E-state index in [0.29, 0.717) is 6.61 Å². The van der Waals surface area contributed by atoms with Gasteiger partial charge in [-0.05, 0) is 43.0 Å². The molecule has 0 spiro atoms. The molecule has 0 amide bonds. The molecule has 0 fully saturated rings. The van der Waals surface area contributed by atoms with E-state index in [9.17, 15) is 0 Å². The number of nitrogens with zero attached hydrogens (tertiary/aromatic N) is 2. The van der Waals surface area contributed by atoms with Gasteiger partial charge in [0.2, 0.25) is 0 Å². The molecule has 0 saturated carbocycles. The second-order valence-corrected chi connectivity index (χ2v) is 7.78. The number of methoxy groups -OCH3 is 2. The normalized spacial score (nSPS) is 12.3. The van der Waals surface area contributed by atoms with Crippen LogP contribution in [0.15, 0.2) is 66.9 Å². The van der Waals surface area contributed by atoms with E-state index in [1.807, 2.05) is 16.9 Å². The van der Waals surface area contributed by atoms with Crippen molar-refractivity contribution in [1.82, 2.24) is 15.1 Å². The fourth-order valence-corrected chi connectivity index (χ4v) is 4.07. The number of ether oxygens (including phenoxy) is 2. The van der Waals surface area contributed by atoms with E-state index in [1.165, 1.54) is 21.9 Å². The van der Waals surface area contributed by atoms with Gasteiger partial charge in [-0.15, -0.1) is 0 Å². The molecule has 0 aliphatic carbocycles. The highest BCUT2D eigenvalue weighted by molar-refractivity contribution is 5.90. The quantitative estimate of drug-likeness (QED) is 0.422. The largest absolute Gasteiger partial charge is 0.496 e. The van der Waals surface area contributed by atoms with Crippen molar-refractivity contribution in [2.75, 3.05) is 14.2 Å². The van der Waals surface area contributed by atoms with Gasteiger partial charge in [0.1, 0.15) is 5.75 Å². The van der Waals surface area contributed by atoms with Crippen LogP contribution >= 0.6 is 0 Å². The minimum Gasteiger partial charge on any atom is -0.496 e. The maximum Gasteiger partial charge on any atom is 0.124 e. The molecule has 1 aromatic heterocycles. The zero-order valence-corrected chi connectivity index (χ0v) is 18.6. The van der Waals surface area contributed by atoms with Gasteiger partial charge in [-0.1, -0.05) is 42.5 Å². The van der Waals surface area contributed by atoms with Gasteiger partial charge in [0.25, 0.3) is 0 Å². The first-order chi connectivity index (χ1) is 15.1. The Bertz CT molecular complexity index is 1180. The first-order valence-corrected chi connectivity index (χ1v) is 10.5. The maximum atomic E-state index is 5.43. The lowest BCUT2D eigenvalue weighted by Crippen LogP contribution is -2.19. The van der Waals surface area contributed by atoms with Crippen molar-refractivity contribution in [3.63, 3.8) is 0 Å². The van der Waals surface area contributed by atoms with Crippen LogP contribution in [0.2, 0.25) is 0 Å². The van der Waals surface area contributed by atoms with Crippen LogP contribution in [-0.2, 0) is 17.9 Å². The number of rotatable bonds is 8. The fourth-order valence-electron chi connectivity index (χ4n) is 4.07. The third-order valence-corrected chi connectivity index (χ3v) is 5.77. The average molecular weight is 416 g/mol. The van der Waals surface area contributed by atoms with Crippen LogP contribution < -0.4 is 10.1 Å². The molecule has 5 nitrogen and oxygen atoms in total. The van der Waals surface area contributed by atoms with Crippen molar-refractivity contribution in [1.29, 1.82) is 0 Å². The van der Waals surface area contributed by atoms with Crippen molar-refractivity contribution in [2.24, 2.45) is 0 Å². The second-order valence-electron chi connectivity index (χ2n) is 7.78. The smallest absolute Gasteiger partial charge is 0.124 e. The summed E-state index contributed by atoms with van der Waals surface area (Å²) in [6.07, 6.45) is 1.97. The third-order valence-electron chi connectivity index (χ3n) is 5.77. The van der Waals surface area contributed by atoms with E-state index in [4.69, 9.17) is 14.6 Å². The van der Waals surface area contributed by atoms with Crippen molar-refractivity contribution < 1.29 is 9.47 Å². The van der Waals surface area contributed by atoms with Gasteiger partial charge >= 0.3 is 0 Å². The Labute approximate surface area is 183 Å². The van der Waals surface area contributed by atoms with Gasteiger partial charge in [0.15, 0.2) is 0 Å². The molecule has 5 heteroatoms. The fraction of sp³-hybridized carbons (Fsp3) is 0.269. The number of aromatic nitrogens is 2. The SMILES string of the molecule is COCc1cc(CNC(C)c2cnn(-c3cccc4ccccc34)c2C)ccc1OC. The monoisotopic (exact) mass is 415 g/mol. The van der Waals surface area contributed by atoms with Crippen LogP contribution in [0.1, 0.15) is 35.3 Å². The summed E-state index contributed by atoms with van der Waals surface area (Å²) in [5.74, 6) is 0.853. The molecule has 3 aromatic carbocycles. The molecular weight excluding hydrogens is 386 g/mol. The Hall–Kier alpha value is -3.15. The minimum atomic E-state index is 0.164. The summed E-state index contributed by atoms with van der Waals surface area (Å²) in [6, 6.07) is 21.1. The molecule has 4 rings (SSSR count). The summed E-state index contributed by atoms with van der Waals surface area (Å²) in [5, 5.41) is 10.8. The Kier molecular flexibility index (Phi) is 6.35. The molecule has 31 heavy (non-hydrogen) atoms. The molecular formula is C26H29N3O2. The van der Waals surface area contributed by atoms with E-state index in [-0.39, 0.29) is 6.04 Å². The first-order valence-electron chi connectivity index (χ1n) is 10.5. The van der Waals surface area contributed by atoms with Crippen LogP contribution in [0.4, 0.5) is 0 Å². The van der Waals surface area contributed by atoms with Crippen molar-refractivity contribution in [2.45, 2.75) is 33.0 Å². The zero-order chi connectivity index (χ0) is 21.8. The predicted molar refractivity (Wildman–Crippen MR) is 125 cm³/mol. The van der Waals surface area contributed by atoms with Gasteiger partial charge in [0, 0.05) is 41.9 Å². The van der Waals surface area contributed by atoms with Gasteiger partial charge in [0.05, 0.1) is 25.6 Å². The summed E-state index contributed by atoms with van der Waals surface area (Å²) in [4.78, 5) is 0. The van der Waals surface area contributed by atoms with Crippen LogP contribution in [-0.4, -0.2) is 24.0 Å². The van der Waals surface area contributed by atoms with Gasteiger partial charge in [-0.25, -0.2) is 4.68 Å². The average Bonchev–Trinajstić information content (AvgIpc) is 3.18. The molecule has 0 aliphatic rings. The molecule has 0 aliphatic heterocycles. The van der Waals surface area contributed by atoms with Crippen molar-refractivity contribution in [3.05, 3.63) is 89.2 Å². The van der Waals surface area contributed by atoms with E-state index in [2.05, 4.69) is 73.8 Å². The van der Waals surface area contributed by atoms with Gasteiger partial charge in [-0.3, -0.25) is 0 Å². The lowest BCUT2D eigenvalue weighted by atomic mass is 10.1. The molecule has 1 heterocycles. The second kappa shape index (κ2) is 9.33. The number of fused-ring (bicyclic) bond motifs is 1. The molecule has 1 atom stereocenters. The molecule has 1 unspecified atom stereocenters. The zero-order valence-electron chi connectivity index (χ0n) is 18.6. The summed E-state index contributed by atoms with van der Waals surface area (Å²) < 4.78 is 12.8. The van der Waals surface area contributed by atoms with Crippen LogP contribution in [0.25, 0.3) is 16.5 Å². The summed E-state index contributed by atoms with van der Waals surface area (Å²) in [5.41, 5.74) is 5.69. The third kappa shape index (κ3) is 4.33. The van der Waals surface area contributed by atoms with Crippen molar-refractivity contribution >= 4 is 10.8 Å². The van der Waals surface area contributed by atoms with E-state index >= 15 is 0 Å². The standard InChI is InChI=1S/C26H29N3O2/c1-18(27-15-20-12-13-26(31-4)22(14-20)17-30-3)24-16-28-29(19(24)2)25-11-7-9-21-8-5-6-10-23(21)25/h5-14,16,18,27H,15,17H2,1-4H3. The molecule has 0 bridgehead atoms. The van der Waals surface area contributed by atoms with Crippen LogP contribution in [0, 0.1) is 6.92 Å². The Morgan fingerprint density at radius 2 is 1.84 bits per heavy atom. The maximum absolute atomic E-state index is 5.43. The predicted octanol–water partition coefficient (Wildman–Crippen LogP) is 5.34. The first kappa shape index (κ1) is 21.1. The number of hydrogen-bond donors (Lipinski definition) is 1. The highest BCUT2D eigenvalue weighted by Crippen LogP contribution is 2.26. The van der Waals surface area contributed by atoms with Gasteiger partial charge in [-0.2, -0.15) is 5.10 Å². The van der Waals surface area contributed by atoms with Gasteiger partial charge < -0.3 is 14.8 Å². The summed E-state index contributed by atoms with van der Waals surface area (Å²) >= 11 is 0. The highest BCUT2D eigenvalue weighted by atomic mass is 16.5. The van der Waals surface area contributed by atoms with E-state index in [1.54, 1.807) is 14.2 Å². The molecule has 4 aromatic rings. The topological polar surface area (TPSA) is 48.3 Å². The Morgan fingerprint density at radius 3 is 2.65 bits per heavy atom. The lowest BCUT2D eigenvalue weighted by molar-refractivity contribution is 0.181. The van der Waals surface area contributed by atoms with E-state index < -0.39 is 0 Å². The molecule has 1 N–H and O–H groups in total. The number of benzene rings is 3. The molecule has 0 saturated heterocycles. The number of nitrogens with one attached hydrogen (secondary N) is 1. The summed E-state index contributed by atoms with van der Waals surface area (Å²) in [6.45, 7) is 5.59. The summed E-state index contributed by atoms with van der Waals surface area (Å²) in [7, 11) is 3.38. The van der Waals surface area contributed by atoms with Crippen LogP contribution in [0.3, 0.4) is 0 Å². The minimum absolute atomic E-state index is 0.164. The van der Waals surface area contributed by atoms with Crippen molar-refractivity contribution in [3.8, 4) is 11.4 Å². The lowest BCUT2D eigenvalue weighted by Gasteiger charge is -2.16. The number of hydrogen-bond acceptors (Lipinski definition) is 4. The van der Waals surface area contributed by atoms with E-state index in [0.717, 1.165) is 29.2 Å². The molecule has 160 valence electrons.